The van der Waals surface area contributed by atoms with Gasteiger partial charge in [-0.25, -0.2) is 4.39 Å². The third-order valence-corrected chi connectivity index (χ3v) is 5.12. The van der Waals surface area contributed by atoms with Crippen LogP contribution in [-0.4, -0.2) is 43.6 Å². The smallest absolute Gasteiger partial charge is 0.249 e. The quantitative estimate of drug-likeness (QED) is 0.642. The van der Waals surface area contributed by atoms with Gasteiger partial charge in [-0.3, -0.25) is 4.79 Å². The van der Waals surface area contributed by atoms with Gasteiger partial charge in [0.05, 0.1) is 12.7 Å². The van der Waals surface area contributed by atoms with Gasteiger partial charge in [-0.2, -0.15) is 11.8 Å². The zero-order chi connectivity index (χ0) is 18.1. The summed E-state index contributed by atoms with van der Waals surface area (Å²) in [6.45, 7) is 5.76. The summed E-state index contributed by atoms with van der Waals surface area (Å²) in [5.74, 6) is 1.18. The third-order valence-electron chi connectivity index (χ3n) is 4.11. The van der Waals surface area contributed by atoms with Crippen LogP contribution < -0.4 is 5.32 Å². The molecule has 1 aliphatic heterocycles. The van der Waals surface area contributed by atoms with Crippen LogP contribution in [0.4, 0.5) is 4.39 Å². The SMILES string of the molecule is CC(C)[C@H](OC[C@H]1CCCO1)C(=O)NCCSCc1ccccc1F. The van der Waals surface area contributed by atoms with Gasteiger partial charge in [-0.1, -0.05) is 32.0 Å². The average molecular weight is 370 g/mol. The van der Waals surface area contributed by atoms with Crippen LogP contribution in [-0.2, 0) is 20.0 Å². The first-order valence-corrected chi connectivity index (χ1v) is 10.1. The Labute approximate surface area is 153 Å². The van der Waals surface area contributed by atoms with Gasteiger partial charge in [0.15, 0.2) is 0 Å². The highest BCUT2D eigenvalue weighted by Gasteiger charge is 2.25. The number of hydrogen-bond donors (Lipinski definition) is 1. The first-order chi connectivity index (χ1) is 12.1. The van der Waals surface area contributed by atoms with Crippen LogP contribution in [0, 0.1) is 11.7 Å². The van der Waals surface area contributed by atoms with E-state index < -0.39 is 6.10 Å². The van der Waals surface area contributed by atoms with E-state index in [2.05, 4.69) is 5.32 Å². The lowest BCUT2D eigenvalue weighted by Crippen LogP contribution is -2.41. The largest absolute Gasteiger partial charge is 0.376 e. The Hall–Kier alpha value is -1.11. The predicted octanol–water partition coefficient (Wildman–Crippen LogP) is 3.40. The van der Waals surface area contributed by atoms with E-state index in [-0.39, 0.29) is 23.7 Å². The summed E-state index contributed by atoms with van der Waals surface area (Å²) in [5, 5.41) is 2.92. The standard InChI is InChI=1S/C19H28FNO3S/c1-14(2)18(24-12-16-7-5-10-23-16)19(22)21-9-11-25-13-15-6-3-4-8-17(15)20/h3-4,6,8,14,16,18H,5,7,9-13H2,1-2H3,(H,21,22)/t16-,18+/m1/s1. The number of rotatable bonds is 10. The topological polar surface area (TPSA) is 47.6 Å². The van der Waals surface area contributed by atoms with Crippen molar-refractivity contribution in [3.05, 3.63) is 35.6 Å². The maximum absolute atomic E-state index is 13.5. The Kier molecular flexibility index (Phi) is 8.72. The average Bonchev–Trinajstić information content (AvgIpc) is 3.09. The van der Waals surface area contributed by atoms with Gasteiger partial charge in [-0.15, -0.1) is 0 Å². The Balaban J connectivity index is 1.65. The fourth-order valence-corrected chi connectivity index (χ4v) is 3.55. The molecule has 0 unspecified atom stereocenters. The number of nitrogens with one attached hydrogen (secondary N) is 1. The molecule has 1 heterocycles. The molecule has 140 valence electrons. The van der Waals surface area contributed by atoms with Crippen LogP contribution in [0.5, 0.6) is 0 Å². The summed E-state index contributed by atoms with van der Waals surface area (Å²) in [6, 6.07) is 6.77. The van der Waals surface area contributed by atoms with Crippen molar-refractivity contribution >= 4 is 17.7 Å². The highest BCUT2D eigenvalue weighted by Crippen LogP contribution is 2.16. The molecule has 4 nitrogen and oxygen atoms in total. The summed E-state index contributed by atoms with van der Waals surface area (Å²) in [6.07, 6.45) is 1.72. The monoisotopic (exact) mass is 369 g/mol. The summed E-state index contributed by atoms with van der Waals surface area (Å²) in [7, 11) is 0. The summed E-state index contributed by atoms with van der Waals surface area (Å²) in [4.78, 5) is 12.3. The van der Waals surface area contributed by atoms with E-state index in [0.717, 1.165) is 25.2 Å². The fourth-order valence-electron chi connectivity index (χ4n) is 2.70. The molecule has 1 aromatic carbocycles. The van der Waals surface area contributed by atoms with Gasteiger partial charge in [0.2, 0.25) is 5.91 Å². The Morgan fingerprint density at radius 1 is 1.44 bits per heavy atom. The molecule has 0 bridgehead atoms. The molecule has 1 N–H and O–H groups in total. The Morgan fingerprint density at radius 3 is 2.92 bits per heavy atom. The molecule has 1 aliphatic rings. The van der Waals surface area contributed by atoms with Crippen molar-refractivity contribution < 1.29 is 18.7 Å². The molecule has 0 saturated carbocycles. The van der Waals surface area contributed by atoms with Crippen LogP contribution in [0.3, 0.4) is 0 Å². The lowest BCUT2D eigenvalue weighted by atomic mass is 10.1. The molecule has 0 radical (unpaired) electrons. The van der Waals surface area contributed by atoms with Crippen LogP contribution in [0.25, 0.3) is 0 Å². The zero-order valence-corrected chi connectivity index (χ0v) is 15.8. The van der Waals surface area contributed by atoms with Crippen LogP contribution in [0.2, 0.25) is 0 Å². The van der Waals surface area contributed by atoms with E-state index >= 15 is 0 Å². The van der Waals surface area contributed by atoms with Crippen molar-refractivity contribution in [1.29, 1.82) is 0 Å². The number of carbonyl (C=O) groups excluding carboxylic acids is 1. The molecule has 1 amide bonds. The molecule has 0 spiro atoms. The zero-order valence-electron chi connectivity index (χ0n) is 15.0. The normalized spacial score (nSPS) is 18.5. The number of halogens is 1. The van der Waals surface area contributed by atoms with Crippen molar-refractivity contribution in [3.8, 4) is 0 Å². The van der Waals surface area contributed by atoms with Gasteiger partial charge in [0.25, 0.3) is 0 Å². The van der Waals surface area contributed by atoms with Gasteiger partial charge in [-0.05, 0) is 30.4 Å². The van der Waals surface area contributed by atoms with E-state index in [9.17, 15) is 9.18 Å². The molecule has 0 aliphatic carbocycles. The second-order valence-electron chi connectivity index (χ2n) is 6.57. The van der Waals surface area contributed by atoms with Crippen molar-refractivity contribution in [2.24, 2.45) is 5.92 Å². The molecule has 1 aromatic rings. The van der Waals surface area contributed by atoms with Gasteiger partial charge in [0.1, 0.15) is 11.9 Å². The number of thioether (sulfide) groups is 1. The van der Waals surface area contributed by atoms with Gasteiger partial charge in [0, 0.05) is 24.7 Å². The van der Waals surface area contributed by atoms with Crippen LogP contribution in [0.1, 0.15) is 32.3 Å². The number of carbonyl (C=O) groups is 1. The molecule has 6 heteroatoms. The molecule has 2 atom stereocenters. The van der Waals surface area contributed by atoms with Gasteiger partial charge < -0.3 is 14.8 Å². The highest BCUT2D eigenvalue weighted by molar-refractivity contribution is 7.98. The Bertz CT molecular complexity index is 535. The van der Waals surface area contributed by atoms with Crippen molar-refractivity contribution in [2.45, 2.75) is 44.6 Å². The van der Waals surface area contributed by atoms with E-state index in [1.807, 2.05) is 19.9 Å². The second-order valence-corrected chi connectivity index (χ2v) is 7.67. The summed E-state index contributed by atoms with van der Waals surface area (Å²) >= 11 is 1.60. The van der Waals surface area contributed by atoms with Crippen LogP contribution in [0.15, 0.2) is 24.3 Å². The Morgan fingerprint density at radius 2 is 2.24 bits per heavy atom. The number of benzene rings is 1. The maximum Gasteiger partial charge on any atom is 0.249 e. The summed E-state index contributed by atoms with van der Waals surface area (Å²) in [5.41, 5.74) is 0.693. The van der Waals surface area contributed by atoms with Gasteiger partial charge >= 0.3 is 0 Å². The first-order valence-electron chi connectivity index (χ1n) is 8.90. The minimum absolute atomic E-state index is 0.0838. The minimum Gasteiger partial charge on any atom is -0.376 e. The number of hydrogen-bond acceptors (Lipinski definition) is 4. The van der Waals surface area contributed by atoms with E-state index in [1.54, 1.807) is 23.9 Å². The van der Waals surface area contributed by atoms with Crippen LogP contribution >= 0.6 is 11.8 Å². The number of ether oxygens (including phenoxy) is 2. The molecular formula is C19H28FNO3S. The van der Waals surface area contributed by atoms with Crippen molar-refractivity contribution in [3.63, 3.8) is 0 Å². The summed E-state index contributed by atoms with van der Waals surface area (Å²) < 4.78 is 24.9. The first kappa shape index (κ1) is 20.2. The van der Waals surface area contributed by atoms with E-state index in [4.69, 9.17) is 9.47 Å². The molecule has 1 saturated heterocycles. The van der Waals surface area contributed by atoms with E-state index in [1.165, 1.54) is 6.07 Å². The fraction of sp³-hybridized carbons (Fsp3) is 0.632. The maximum atomic E-state index is 13.5. The molecule has 0 aromatic heterocycles. The van der Waals surface area contributed by atoms with E-state index in [0.29, 0.717) is 24.5 Å². The second kappa shape index (κ2) is 10.8. The molecule has 25 heavy (non-hydrogen) atoms. The third kappa shape index (κ3) is 6.96. The lowest BCUT2D eigenvalue weighted by Gasteiger charge is -2.22. The molecule has 2 rings (SSSR count). The molecular weight excluding hydrogens is 341 g/mol. The predicted molar refractivity (Wildman–Crippen MR) is 99.1 cm³/mol. The molecule has 1 fully saturated rings. The lowest BCUT2D eigenvalue weighted by molar-refractivity contribution is -0.138. The van der Waals surface area contributed by atoms with Crippen molar-refractivity contribution in [2.75, 3.05) is 25.5 Å². The highest BCUT2D eigenvalue weighted by atomic mass is 32.2. The van der Waals surface area contributed by atoms with Crippen molar-refractivity contribution in [1.82, 2.24) is 5.32 Å². The number of amides is 1. The minimum atomic E-state index is -0.458.